The molecule has 5 nitrogen and oxygen atoms in total. The molecule has 1 amide bonds. The van der Waals surface area contributed by atoms with Crippen LogP contribution >= 0.6 is 11.6 Å². The Labute approximate surface area is 179 Å². The standard InChI is InChI=1S/C22H20ClFN2O3S/c1-15-3-2-4-18(13-15)26-30(28,29)19-9-10-21(23)20(14-19)22(27)25-12-11-16-5-7-17(24)8-6-16/h2-10,13-14,26H,11-12H2,1H3,(H,25,27). The fourth-order valence-corrected chi connectivity index (χ4v) is 4.11. The Morgan fingerprint density at radius 1 is 1.03 bits per heavy atom. The van der Waals surface area contributed by atoms with Crippen molar-refractivity contribution in [3.63, 3.8) is 0 Å². The maximum absolute atomic E-state index is 13.0. The van der Waals surface area contributed by atoms with Crippen molar-refractivity contribution in [3.8, 4) is 0 Å². The van der Waals surface area contributed by atoms with Crippen LogP contribution in [0.2, 0.25) is 5.02 Å². The Bertz CT molecular complexity index is 1170. The fourth-order valence-electron chi connectivity index (χ4n) is 2.83. The fraction of sp³-hybridized carbons (Fsp3) is 0.136. The number of sulfonamides is 1. The number of nitrogens with one attached hydrogen (secondary N) is 2. The molecule has 3 rings (SSSR count). The van der Waals surface area contributed by atoms with Crippen LogP contribution in [0, 0.1) is 12.7 Å². The molecule has 30 heavy (non-hydrogen) atoms. The number of carbonyl (C=O) groups is 1. The van der Waals surface area contributed by atoms with E-state index < -0.39 is 15.9 Å². The summed E-state index contributed by atoms with van der Waals surface area (Å²) >= 11 is 6.12. The van der Waals surface area contributed by atoms with Crippen LogP contribution in [0.5, 0.6) is 0 Å². The molecule has 3 aromatic rings. The van der Waals surface area contributed by atoms with E-state index in [-0.39, 0.29) is 21.3 Å². The number of benzene rings is 3. The lowest BCUT2D eigenvalue weighted by atomic mass is 10.1. The second kappa shape index (κ2) is 9.28. The maximum atomic E-state index is 13.0. The molecule has 3 aromatic carbocycles. The zero-order valence-corrected chi connectivity index (χ0v) is 17.7. The van der Waals surface area contributed by atoms with Gasteiger partial charge in [-0.05, 0) is 66.9 Å². The maximum Gasteiger partial charge on any atom is 0.261 e. The zero-order chi connectivity index (χ0) is 21.7. The molecule has 8 heteroatoms. The van der Waals surface area contributed by atoms with E-state index in [1.54, 1.807) is 30.3 Å². The minimum atomic E-state index is -3.89. The third-order valence-electron chi connectivity index (χ3n) is 4.38. The second-order valence-electron chi connectivity index (χ2n) is 6.75. The Kier molecular flexibility index (Phi) is 6.74. The van der Waals surface area contributed by atoms with Gasteiger partial charge in [0.15, 0.2) is 0 Å². The molecule has 0 aliphatic rings. The highest BCUT2D eigenvalue weighted by Gasteiger charge is 2.19. The van der Waals surface area contributed by atoms with E-state index in [1.165, 1.54) is 30.3 Å². The van der Waals surface area contributed by atoms with Crippen molar-refractivity contribution in [1.29, 1.82) is 0 Å². The summed E-state index contributed by atoms with van der Waals surface area (Å²) in [7, 11) is -3.89. The molecular formula is C22H20ClFN2O3S. The van der Waals surface area contributed by atoms with Gasteiger partial charge in [-0.3, -0.25) is 9.52 Å². The van der Waals surface area contributed by atoms with E-state index in [9.17, 15) is 17.6 Å². The average molecular weight is 447 g/mol. The van der Waals surface area contributed by atoms with Crippen molar-refractivity contribution < 1.29 is 17.6 Å². The van der Waals surface area contributed by atoms with Crippen LogP contribution in [0.3, 0.4) is 0 Å². The smallest absolute Gasteiger partial charge is 0.261 e. The molecule has 0 atom stereocenters. The number of hydrogen-bond acceptors (Lipinski definition) is 3. The first-order valence-electron chi connectivity index (χ1n) is 9.16. The third kappa shape index (κ3) is 5.58. The molecule has 0 heterocycles. The van der Waals surface area contributed by atoms with Crippen molar-refractivity contribution in [2.75, 3.05) is 11.3 Å². The summed E-state index contributed by atoms with van der Waals surface area (Å²) in [4.78, 5) is 12.4. The molecule has 0 aliphatic carbocycles. The Morgan fingerprint density at radius 3 is 2.47 bits per heavy atom. The molecule has 0 saturated heterocycles. The number of carbonyl (C=O) groups excluding carboxylic acids is 1. The highest BCUT2D eigenvalue weighted by Crippen LogP contribution is 2.23. The van der Waals surface area contributed by atoms with Gasteiger partial charge in [0.25, 0.3) is 15.9 Å². The Morgan fingerprint density at radius 2 is 1.77 bits per heavy atom. The van der Waals surface area contributed by atoms with Gasteiger partial charge in [0.1, 0.15) is 5.82 Å². The largest absolute Gasteiger partial charge is 0.352 e. The molecule has 0 fully saturated rings. The van der Waals surface area contributed by atoms with E-state index in [0.717, 1.165) is 11.1 Å². The van der Waals surface area contributed by atoms with Gasteiger partial charge >= 0.3 is 0 Å². The molecular weight excluding hydrogens is 427 g/mol. The van der Waals surface area contributed by atoms with E-state index in [4.69, 9.17) is 11.6 Å². The summed E-state index contributed by atoms with van der Waals surface area (Å²) in [6, 6.07) is 16.9. The van der Waals surface area contributed by atoms with Gasteiger partial charge in [-0.25, -0.2) is 12.8 Å². The lowest BCUT2D eigenvalue weighted by molar-refractivity contribution is 0.0954. The molecule has 0 saturated carbocycles. The number of halogens is 2. The molecule has 0 spiro atoms. The minimum Gasteiger partial charge on any atom is -0.352 e. The van der Waals surface area contributed by atoms with Crippen molar-refractivity contribution in [1.82, 2.24) is 5.32 Å². The first-order valence-corrected chi connectivity index (χ1v) is 11.0. The summed E-state index contributed by atoms with van der Waals surface area (Å²) in [5.41, 5.74) is 2.26. The number of aryl methyl sites for hydroxylation is 1. The minimum absolute atomic E-state index is 0.0582. The highest BCUT2D eigenvalue weighted by molar-refractivity contribution is 7.92. The lowest BCUT2D eigenvalue weighted by Crippen LogP contribution is -2.26. The normalized spacial score (nSPS) is 11.2. The number of hydrogen-bond donors (Lipinski definition) is 2. The molecule has 0 bridgehead atoms. The molecule has 0 aromatic heterocycles. The lowest BCUT2D eigenvalue weighted by Gasteiger charge is -2.11. The van der Waals surface area contributed by atoms with Crippen LogP contribution in [0.25, 0.3) is 0 Å². The third-order valence-corrected chi connectivity index (χ3v) is 6.08. The van der Waals surface area contributed by atoms with Gasteiger partial charge in [0, 0.05) is 12.2 Å². The average Bonchev–Trinajstić information content (AvgIpc) is 2.69. The number of amides is 1. The van der Waals surface area contributed by atoms with Gasteiger partial charge in [-0.15, -0.1) is 0 Å². The van der Waals surface area contributed by atoms with Crippen LogP contribution in [-0.2, 0) is 16.4 Å². The Balaban J connectivity index is 1.72. The summed E-state index contributed by atoms with van der Waals surface area (Å²) in [6.45, 7) is 2.15. The predicted octanol–water partition coefficient (Wildman–Crippen LogP) is 4.56. The van der Waals surface area contributed by atoms with E-state index in [0.29, 0.717) is 18.7 Å². The summed E-state index contributed by atoms with van der Waals surface area (Å²) in [5, 5.41) is 2.85. The van der Waals surface area contributed by atoms with Gasteiger partial charge < -0.3 is 5.32 Å². The van der Waals surface area contributed by atoms with Crippen LogP contribution in [0.4, 0.5) is 10.1 Å². The van der Waals surface area contributed by atoms with Crippen LogP contribution in [-0.4, -0.2) is 20.9 Å². The van der Waals surface area contributed by atoms with E-state index in [2.05, 4.69) is 10.0 Å². The van der Waals surface area contributed by atoms with Crippen molar-refractivity contribution >= 4 is 33.2 Å². The van der Waals surface area contributed by atoms with Crippen molar-refractivity contribution in [3.05, 3.63) is 94.3 Å². The molecule has 0 unspecified atom stereocenters. The van der Waals surface area contributed by atoms with Gasteiger partial charge in [0.05, 0.1) is 15.5 Å². The highest BCUT2D eigenvalue weighted by atomic mass is 35.5. The van der Waals surface area contributed by atoms with E-state index >= 15 is 0 Å². The number of rotatable bonds is 7. The molecule has 0 radical (unpaired) electrons. The van der Waals surface area contributed by atoms with Crippen LogP contribution in [0.15, 0.2) is 71.6 Å². The predicted molar refractivity (Wildman–Crippen MR) is 116 cm³/mol. The monoisotopic (exact) mass is 446 g/mol. The van der Waals surface area contributed by atoms with Crippen molar-refractivity contribution in [2.45, 2.75) is 18.2 Å². The SMILES string of the molecule is Cc1cccc(NS(=O)(=O)c2ccc(Cl)c(C(=O)NCCc3ccc(F)cc3)c2)c1. The first-order chi connectivity index (χ1) is 14.2. The molecule has 156 valence electrons. The first kappa shape index (κ1) is 21.8. The Hall–Kier alpha value is -2.90. The van der Waals surface area contributed by atoms with Gasteiger partial charge in [0.2, 0.25) is 0 Å². The van der Waals surface area contributed by atoms with Gasteiger partial charge in [-0.2, -0.15) is 0 Å². The number of anilines is 1. The van der Waals surface area contributed by atoms with Crippen LogP contribution < -0.4 is 10.0 Å². The van der Waals surface area contributed by atoms with E-state index in [1.807, 2.05) is 13.0 Å². The molecule has 0 aliphatic heterocycles. The second-order valence-corrected chi connectivity index (χ2v) is 8.84. The summed E-state index contributed by atoms with van der Waals surface area (Å²) in [6.07, 6.45) is 0.497. The molecule has 2 N–H and O–H groups in total. The topological polar surface area (TPSA) is 75.3 Å². The van der Waals surface area contributed by atoms with Crippen molar-refractivity contribution in [2.24, 2.45) is 0 Å². The quantitative estimate of drug-likeness (QED) is 0.558. The zero-order valence-electron chi connectivity index (χ0n) is 16.2. The van der Waals surface area contributed by atoms with Crippen LogP contribution in [0.1, 0.15) is 21.5 Å². The van der Waals surface area contributed by atoms with Gasteiger partial charge in [-0.1, -0.05) is 35.9 Å². The summed E-state index contributed by atoms with van der Waals surface area (Å²) in [5.74, 6) is -0.818. The summed E-state index contributed by atoms with van der Waals surface area (Å²) < 4.78 is 40.9.